The van der Waals surface area contributed by atoms with Crippen molar-refractivity contribution in [2.24, 2.45) is 0 Å². The summed E-state index contributed by atoms with van der Waals surface area (Å²) >= 11 is 1.17. The zero-order valence-corrected chi connectivity index (χ0v) is 15.0. The summed E-state index contributed by atoms with van der Waals surface area (Å²) in [5.74, 6) is -0.361. The van der Waals surface area contributed by atoms with E-state index in [1.54, 1.807) is 4.90 Å². The zero-order chi connectivity index (χ0) is 18.7. The van der Waals surface area contributed by atoms with Gasteiger partial charge >= 0.3 is 6.36 Å². The van der Waals surface area contributed by atoms with E-state index in [2.05, 4.69) is 9.72 Å². The highest BCUT2D eigenvalue weighted by Crippen LogP contribution is 2.34. The van der Waals surface area contributed by atoms with E-state index in [4.69, 9.17) is 4.74 Å². The summed E-state index contributed by atoms with van der Waals surface area (Å²) in [6.07, 6.45) is -1.86. The number of carbonyl (C=O) groups is 1. The van der Waals surface area contributed by atoms with Gasteiger partial charge in [-0.15, -0.1) is 13.2 Å². The van der Waals surface area contributed by atoms with Crippen LogP contribution in [0.15, 0.2) is 18.2 Å². The SMILES string of the molecule is CCCC(=O)N(CC1CCCO1)c1nc2ccc(OC(F)(F)F)cc2s1. The molecule has 0 N–H and O–H groups in total. The van der Waals surface area contributed by atoms with Crippen molar-refractivity contribution in [3.05, 3.63) is 18.2 Å². The highest BCUT2D eigenvalue weighted by atomic mass is 32.1. The van der Waals surface area contributed by atoms with Crippen LogP contribution in [0.1, 0.15) is 32.6 Å². The maximum Gasteiger partial charge on any atom is 0.573 e. The molecule has 1 unspecified atom stereocenters. The van der Waals surface area contributed by atoms with Gasteiger partial charge in [0.2, 0.25) is 5.91 Å². The Balaban J connectivity index is 1.87. The molecule has 9 heteroatoms. The minimum absolute atomic E-state index is 0.0352. The van der Waals surface area contributed by atoms with Crippen LogP contribution in [0.25, 0.3) is 10.2 Å². The average molecular weight is 388 g/mol. The van der Waals surface area contributed by atoms with Crippen molar-refractivity contribution in [1.29, 1.82) is 0 Å². The van der Waals surface area contributed by atoms with Gasteiger partial charge in [0.1, 0.15) is 5.75 Å². The van der Waals surface area contributed by atoms with Gasteiger partial charge in [0, 0.05) is 19.1 Å². The van der Waals surface area contributed by atoms with Crippen LogP contribution in [0.3, 0.4) is 0 Å². The molecule has 0 spiro atoms. The van der Waals surface area contributed by atoms with Crippen molar-refractivity contribution in [3.63, 3.8) is 0 Å². The molecule has 1 aromatic carbocycles. The van der Waals surface area contributed by atoms with Gasteiger partial charge in [-0.2, -0.15) is 0 Å². The highest BCUT2D eigenvalue weighted by Gasteiger charge is 2.31. The summed E-state index contributed by atoms with van der Waals surface area (Å²) < 4.78 is 47.3. The summed E-state index contributed by atoms with van der Waals surface area (Å²) in [6, 6.07) is 3.97. The molecule has 2 aromatic rings. The van der Waals surface area contributed by atoms with Crippen molar-refractivity contribution in [3.8, 4) is 5.75 Å². The van der Waals surface area contributed by atoms with Gasteiger partial charge in [0.15, 0.2) is 5.13 Å². The molecule has 0 bridgehead atoms. The first kappa shape index (κ1) is 18.9. The molecule has 1 aliphatic rings. The van der Waals surface area contributed by atoms with Crippen molar-refractivity contribution in [1.82, 2.24) is 4.98 Å². The molecule has 1 fully saturated rings. The van der Waals surface area contributed by atoms with E-state index < -0.39 is 6.36 Å². The second-order valence-electron chi connectivity index (χ2n) is 6.06. The minimum atomic E-state index is -4.75. The number of alkyl halides is 3. The third kappa shape index (κ3) is 4.64. The average Bonchev–Trinajstić information content (AvgIpc) is 3.19. The van der Waals surface area contributed by atoms with Crippen molar-refractivity contribution in [2.45, 2.75) is 45.1 Å². The standard InChI is InChI=1S/C17H19F3N2O3S/c1-2-4-15(23)22(10-12-5-3-8-24-12)16-21-13-7-6-11(9-14(13)26-16)25-17(18,19)20/h6-7,9,12H,2-5,8,10H2,1H3. The highest BCUT2D eigenvalue weighted by molar-refractivity contribution is 7.22. The lowest BCUT2D eigenvalue weighted by molar-refractivity contribution is -0.274. The van der Waals surface area contributed by atoms with E-state index in [1.807, 2.05) is 6.92 Å². The summed E-state index contributed by atoms with van der Waals surface area (Å²) in [5, 5.41) is 0.470. The van der Waals surface area contributed by atoms with E-state index >= 15 is 0 Å². The van der Waals surface area contributed by atoms with Crippen LogP contribution in [-0.2, 0) is 9.53 Å². The van der Waals surface area contributed by atoms with Crippen LogP contribution in [0.2, 0.25) is 0 Å². The van der Waals surface area contributed by atoms with Crippen LogP contribution >= 0.6 is 11.3 Å². The van der Waals surface area contributed by atoms with Crippen molar-refractivity contribution in [2.75, 3.05) is 18.1 Å². The van der Waals surface area contributed by atoms with E-state index in [-0.39, 0.29) is 17.8 Å². The number of carbonyl (C=O) groups excluding carboxylic acids is 1. The van der Waals surface area contributed by atoms with E-state index in [9.17, 15) is 18.0 Å². The molecular weight excluding hydrogens is 369 g/mol. The van der Waals surface area contributed by atoms with Gasteiger partial charge in [-0.25, -0.2) is 4.98 Å². The molecule has 1 aliphatic heterocycles. The number of aromatic nitrogens is 1. The number of halogens is 3. The molecular formula is C17H19F3N2O3S. The predicted molar refractivity (Wildman–Crippen MR) is 92.5 cm³/mol. The number of amides is 1. The Bertz CT molecular complexity index is 772. The summed E-state index contributed by atoms with van der Waals surface area (Å²) in [5.41, 5.74) is 0.529. The number of hydrogen-bond donors (Lipinski definition) is 0. The molecule has 1 saturated heterocycles. The summed E-state index contributed by atoms with van der Waals surface area (Å²) in [6.45, 7) is 3.00. The number of nitrogens with zero attached hydrogens (tertiary/aromatic N) is 2. The molecule has 142 valence electrons. The third-order valence-electron chi connectivity index (χ3n) is 3.99. The number of benzene rings is 1. The second kappa shape index (κ2) is 7.79. The van der Waals surface area contributed by atoms with E-state index in [1.165, 1.54) is 29.5 Å². The number of anilines is 1. The van der Waals surface area contributed by atoms with Crippen LogP contribution in [0.4, 0.5) is 18.3 Å². The van der Waals surface area contributed by atoms with Crippen LogP contribution in [0.5, 0.6) is 5.75 Å². The first-order valence-electron chi connectivity index (χ1n) is 8.44. The Hall–Kier alpha value is -1.87. The predicted octanol–water partition coefficient (Wildman–Crippen LogP) is 4.51. The van der Waals surface area contributed by atoms with Gasteiger partial charge in [0.25, 0.3) is 0 Å². The largest absolute Gasteiger partial charge is 0.573 e. The minimum Gasteiger partial charge on any atom is -0.406 e. The fourth-order valence-electron chi connectivity index (χ4n) is 2.83. The van der Waals surface area contributed by atoms with Gasteiger partial charge in [-0.1, -0.05) is 18.3 Å². The molecule has 26 heavy (non-hydrogen) atoms. The third-order valence-corrected chi connectivity index (χ3v) is 5.03. The van der Waals surface area contributed by atoms with E-state index in [0.29, 0.717) is 41.3 Å². The molecule has 1 aromatic heterocycles. The molecule has 2 heterocycles. The first-order valence-corrected chi connectivity index (χ1v) is 9.25. The van der Waals surface area contributed by atoms with Crippen LogP contribution in [-0.4, -0.2) is 36.5 Å². The Morgan fingerprint density at radius 2 is 2.27 bits per heavy atom. The number of fused-ring (bicyclic) bond motifs is 1. The quantitative estimate of drug-likeness (QED) is 0.731. The molecule has 0 saturated carbocycles. The first-order chi connectivity index (χ1) is 12.4. The number of rotatable bonds is 6. The molecule has 5 nitrogen and oxygen atoms in total. The van der Waals surface area contributed by atoms with E-state index in [0.717, 1.165) is 12.8 Å². The molecule has 0 radical (unpaired) electrons. The number of hydrogen-bond acceptors (Lipinski definition) is 5. The topological polar surface area (TPSA) is 51.7 Å². The monoisotopic (exact) mass is 388 g/mol. The number of thiazole rings is 1. The van der Waals surface area contributed by atoms with Gasteiger partial charge < -0.3 is 9.47 Å². The Kier molecular flexibility index (Phi) is 5.67. The smallest absolute Gasteiger partial charge is 0.406 e. The number of ether oxygens (including phenoxy) is 2. The molecule has 3 rings (SSSR count). The van der Waals surface area contributed by atoms with Crippen LogP contribution in [0, 0.1) is 0 Å². The summed E-state index contributed by atoms with van der Waals surface area (Å²) in [4.78, 5) is 18.5. The lowest BCUT2D eigenvalue weighted by atomic mass is 10.2. The lowest BCUT2D eigenvalue weighted by Crippen LogP contribution is -2.37. The maximum atomic E-state index is 12.5. The van der Waals surface area contributed by atoms with Crippen molar-refractivity contribution < 1.29 is 27.4 Å². The normalized spacial score (nSPS) is 17.6. The molecule has 1 atom stereocenters. The Labute approximate surface area is 152 Å². The Morgan fingerprint density at radius 3 is 2.92 bits per heavy atom. The molecule has 1 amide bonds. The fraction of sp³-hybridized carbons (Fsp3) is 0.529. The van der Waals surface area contributed by atoms with Gasteiger partial charge in [-0.05, 0) is 31.4 Å². The lowest BCUT2D eigenvalue weighted by Gasteiger charge is -2.22. The molecule has 0 aliphatic carbocycles. The zero-order valence-electron chi connectivity index (χ0n) is 14.2. The maximum absolute atomic E-state index is 12.5. The fourth-order valence-corrected chi connectivity index (χ4v) is 3.85. The van der Waals surface area contributed by atoms with Crippen LogP contribution < -0.4 is 9.64 Å². The van der Waals surface area contributed by atoms with Crippen molar-refractivity contribution >= 4 is 32.6 Å². The van der Waals surface area contributed by atoms with Gasteiger partial charge in [0.05, 0.1) is 22.9 Å². The Morgan fingerprint density at radius 1 is 1.46 bits per heavy atom. The summed E-state index contributed by atoms with van der Waals surface area (Å²) in [7, 11) is 0. The van der Waals surface area contributed by atoms with Gasteiger partial charge in [-0.3, -0.25) is 9.69 Å². The second-order valence-corrected chi connectivity index (χ2v) is 7.07.